The van der Waals surface area contributed by atoms with Crippen LogP contribution < -0.4 is 16.0 Å². The third-order valence-electron chi connectivity index (χ3n) is 9.16. The van der Waals surface area contributed by atoms with E-state index in [9.17, 15) is 19.2 Å². The molecule has 1 saturated heterocycles. The molecule has 6 rings (SSSR count). The maximum absolute atomic E-state index is 15.6. The van der Waals surface area contributed by atoms with Crippen molar-refractivity contribution in [3.05, 3.63) is 58.8 Å². The van der Waals surface area contributed by atoms with Crippen molar-refractivity contribution in [2.45, 2.75) is 64.4 Å². The van der Waals surface area contributed by atoms with Gasteiger partial charge in [0.25, 0.3) is 0 Å². The van der Waals surface area contributed by atoms with E-state index < -0.39 is 29.5 Å². The normalized spacial score (nSPS) is 22.7. The number of hydrogen-bond acceptors (Lipinski definition) is 7. The number of H-pyrrole nitrogens is 1. The third kappa shape index (κ3) is 5.65. The third-order valence-corrected chi connectivity index (χ3v) is 9.16. The highest BCUT2D eigenvalue weighted by atomic mass is 19.1. The van der Waals surface area contributed by atoms with Gasteiger partial charge in [-0.05, 0) is 69.4 Å². The lowest BCUT2D eigenvalue weighted by Gasteiger charge is -2.45. The van der Waals surface area contributed by atoms with Crippen molar-refractivity contribution < 1.29 is 33.0 Å². The molecular weight excluding hydrogens is 595 g/mol. The number of halogens is 1. The summed E-state index contributed by atoms with van der Waals surface area (Å²) < 4.78 is 26.1. The second-order valence-corrected chi connectivity index (χ2v) is 12.3. The van der Waals surface area contributed by atoms with E-state index in [2.05, 4.69) is 20.9 Å². The molecule has 1 fully saturated rings. The fraction of sp³-hybridized carbons (Fsp3) is 0.424. The molecule has 12 nitrogen and oxygen atoms in total. The molecule has 3 atom stereocenters. The second-order valence-electron chi connectivity index (χ2n) is 12.3. The fourth-order valence-corrected chi connectivity index (χ4v) is 6.72. The molecule has 1 unspecified atom stereocenters. The van der Waals surface area contributed by atoms with Crippen molar-refractivity contribution in [2.75, 3.05) is 36.1 Å². The molecule has 3 aromatic rings. The molecule has 13 heteroatoms. The molecule has 46 heavy (non-hydrogen) atoms. The Labute approximate surface area is 265 Å². The molecule has 4 heterocycles. The van der Waals surface area contributed by atoms with E-state index in [0.29, 0.717) is 84.1 Å². The van der Waals surface area contributed by atoms with Crippen LogP contribution in [0.25, 0.3) is 11.3 Å². The van der Waals surface area contributed by atoms with Gasteiger partial charge in [0.15, 0.2) is 5.60 Å². The number of likely N-dealkylation sites (tertiary alicyclic amines) is 1. The number of nitrogens with one attached hydrogen (secondary N) is 4. The van der Waals surface area contributed by atoms with E-state index in [1.807, 2.05) is 13.8 Å². The van der Waals surface area contributed by atoms with Gasteiger partial charge in [0, 0.05) is 29.4 Å². The molecule has 242 valence electrons. The number of carbonyl (C=O) groups is 4. The molecule has 2 aromatic carbocycles. The van der Waals surface area contributed by atoms with Gasteiger partial charge in [-0.25, -0.2) is 19.0 Å². The van der Waals surface area contributed by atoms with Crippen LogP contribution in [0.3, 0.4) is 0 Å². The van der Waals surface area contributed by atoms with Crippen molar-refractivity contribution in [2.24, 2.45) is 5.92 Å². The number of aromatic nitrogens is 2. The van der Waals surface area contributed by atoms with E-state index in [0.717, 1.165) is 0 Å². The number of amides is 4. The van der Waals surface area contributed by atoms with Crippen LogP contribution in [0, 0.1) is 25.6 Å². The number of carbonyl (C=O) groups excluding carboxylic acids is 4. The molecule has 3 aliphatic rings. The number of piperidine rings is 1. The van der Waals surface area contributed by atoms with Gasteiger partial charge in [0.2, 0.25) is 11.8 Å². The number of imidazole rings is 1. The number of rotatable bonds is 2. The Hall–Kier alpha value is -4.94. The van der Waals surface area contributed by atoms with Gasteiger partial charge in [0.05, 0.1) is 42.2 Å². The van der Waals surface area contributed by atoms with Crippen LogP contribution in [0.1, 0.15) is 67.6 Å². The first-order valence-electron chi connectivity index (χ1n) is 15.4. The molecule has 4 amide bonds. The van der Waals surface area contributed by atoms with E-state index >= 15 is 4.39 Å². The van der Waals surface area contributed by atoms with Crippen molar-refractivity contribution in [1.82, 2.24) is 14.9 Å². The number of nitrogens with zero attached hydrogens (tertiary/aromatic N) is 2. The summed E-state index contributed by atoms with van der Waals surface area (Å²) in [5, 5.41) is 8.21. The summed E-state index contributed by atoms with van der Waals surface area (Å²) in [6.07, 6.45) is 1.06. The van der Waals surface area contributed by atoms with E-state index in [4.69, 9.17) is 14.5 Å². The van der Waals surface area contributed by atoms with Gasteiger partial charge in [-0.3, -0.25) is 20.2 Å². The van der Waals surface area contributed by atoms with Crippen LogP contribution in [0.4, 0.5) is 31.0 Å². The first-order valence-corrected chi connectivity index (χ1v) is 15.4. The summed E-state index contributed by atoms with van der Waals surface area (Å²) in [4.78, 5) is 62.0. The van der Waals surface area contributed by atoms with Gasteiger partial charge in [-0.2, -0.15) is 0 Å². The SMILES string of the molecule is COC(=O)Nc1ccc2c(c1)NC(=O)[C@H](C)CCCC(C(=O)N1CCC[C@@]3(C1)OC(=O)Nc1ccc(C)c(F)c13)c1nc-2c(C)[nH]1. The highest BCUT2D eigenvalue weighted by Crippen LogP contribution is 2.45. The molecule has 1 aromatic heterocycles. The second kappa shape index (κ2) is 12.1. The highest BCUT2D eigenvalue weighted by molar-refractivity contribution is 5.98. The van der Waals surface area contributed by atoms with Crippen molar-refractivity contribution in [1.29, 1.82) is 0 Å². The summed E-state index contributed by atoms with van der Waals surface area (Å²) in [7, 11) is 1.26. The molecule has 4 N–H and O–H groups in total. The summed E-state index contributed by atoms with van der Waals surface area (Å²) in [6.45, 7) is 5.75. The molecular formula is C33H37FN6O6. The average molecular weight is 633 g/mol. The molecule has 0 saturated carbocycles. The summed E-state index contributed by atoms with van der Waals surface area (Å²) in [6, 6.07) is 8.34. The van der Waals surface area contributed by atoms with Gasteiger partial charge in [-0.1, -0.05) is 19.4 Å². The Morgan fingerprint density at radius 3 is 2.70 bits per heavy atom. The predicted octanol–water partition coefficient (Wildman–Crippen LogP) is 5.93. The molecule has 3 aliphatic heterocycles. The zero-order chi connectivity index (χ0) is 32.7. The van der Waals surface area contributed by atoms with Crippen LogP contribution in [-0.2, 0) is 24.7 Å². The van der Waals surface area contributed by atoms with Crippen LogP contribution >= 0.6 is 0 Å². The number of methoxy groups -OCH3 is 1. The maximum Gasteiger partial charge on any atom is 0.412 e. The fourth-order valence-electron chi connectivity index (χ4n) is 6.72. The lowest BCUT2D eigenvalue weighted by Crippen LogP contribution is -2.54. The number of aromatic amines is 1. The topological polar surface area (TPSA) is 155 Å². The number of anilines is 3. The number of fused-ring (bicyclic) bond motifs is 6. The van der Waals surface area contributed by atoms with Gasteiger partial charge < -0.3 is 24.7 Å². The zero-order valence-corrected chi connectivity index (χ0v) is 26.2. The first-order chi connectivity index (χ1) is 22.0. The molecule has 1 spiro atoms. The van der Waals surface area contributed by atoms with Crippen molar-refractivity contribution in [3.8, 4) is 11.3 Å². The van der Waals surface area contributed by atoms with Gasteiger partial charge >= 0.3 is 12.2 Å². The number of benzene rings is 2. The summed E-state index contributed by atoms with van der Waals surface area (Å²) in [5.74, 6) is -1.44. The minimum atomic E-state index is -1.32. The van der Waals surface area contributed by atoms with Crippen molar-refractivity contribution in [3.63, 3.8) is 0 Å². The minimum Gasteiger partial charge on any atom is -0.453 e. The molecule has 0 radical (unpaired) electrons. The summed E-state index contributed by atoms with van der Waals surface area (Å²) >= 11 is 0. The highest BCUT2D eigenvalue weighted by Gasteiger charge is 2.49. The van der Waals surface area contributed by atoms with Crippen molar-refractivity contribution >= 4 is 41.1 Å². The monoisotopic (exact) mass is 632 g/mol. The van der Waals surface area contributed by atoms with Crippen LogP contribution in [-0.4, -0.2) is 59.1 Å². The average Bonchev–Trinajstić information content (AvgIpc) is 3.40. The Kier molecular flexibility index (Phi) is 8.17. The van der Waals surface area contributed by atoms with E-state index in [-0.39, 0.29) is 29.8 Å². The lowest BCUT2D eigenvalue weighted by molar-refractivity contribution is -0.141. The standard InChI is InChI=1S/C33H37FN6O6/c1-17-9-12-23-25(26(17)34)33(46-32(44)38-23)13-6-14-40(16-33)30(42)22-8-5-7-18(2)29(41)37-24-15-20(36-31(43)45-4)10-11-21(24)27-19(3)35-28(22)39-27/h9-12,15,18,22H,5-8,13-14,16H2,1-4H3,(H,35,39)(H,36,43)(H,37,41)(H,38,44)/t18-,22?,33+/m1/s1. The van der Waals surface area contributed by atoms with Gasteiger partial charge in [-0.15, -0.1) is 0 Å². The first kappa shape index (κ1) is 31.1. The number of hydrogen-bond donors (Lipinski definition) is 4. The largest absolute Gasteiger partial charge is 0.453 e. The zero-order valence-electron chi connectivity index (χ0n) is 26.2. The molecule has 0 aliphatic carbocycles. The predicted molar refractivity (Wildman–Crippen MR) is 168 cm³/mol. The Bertz CT molecular complexity index is 1740. The van der Waals surface area contributed by atoms with Crippen LogP contribution in [0.15, 0.2) is 30.3 Å². The maximum atomic E-state index is 15.6. The smallest absolute Gasteiger partial charge is 0.412 e. The Morgan fingerprint density at radius 1 is 1.11 bits per heavy atom. The quantitative estimate of drug-likeness (QED) is 0.273. The number of ether oxygens (including phenoxy) is 2. The number of aryl methyl sites for hydroxylation is 2. The minimum absolute atomic E-state index is 0.00723. The Morgan fingerprint density at radius 2 is 1.91 bits per heavy atom. The van der Waals surface area contributed by atoms with E-state index in [1.54, 1.807) is 42.2 Å². The van der Waals surface area contributed by atoms with Gasteiger partial charge in [0.1, 0.15) is 11.6 Å². The lowest BCUT2D eigenvalue weighted by atomic mass is 9.81. The Balaban J connectivity index is 1.36. The summed E-state index contributed by atoms with van der Waals surface area (Å²) in [5.41, 5.74) is 2.45. The molecule has 2 bridgehead atoms. The van der Waals surface area contributed by atoms with Crippen LogP contribution in [0.2, 0.25) is 0 Å². The van der Waals surface area contributed by atoms with Crippen LogP contribution in [0.5, 0.6) is 0 Å². The van der Waals surface area contributed by atoms with E-state index in [1.165, 1.54) is 7.11 Å².